The third-order valence-corrected chi connectivity index (χ3v) is 5.62. The Morgan fingerprint density at radius 3 is 2.54 bits per heavy atom. The van der Waals surface area contributed by atoms with Crippen molar-refractivity contribution >= 4 is 11.4 Å². The van der Waals surface area contributed by atoms with Crippen LogP contribution in [0.5, 0.6) is 17.2 Å². The minimum Gasteiger partial charge on any atom is -0.497 e. The van der Waals surface area contributed by atoms with Gasteiger partial charge >= 0.3 is 5.69 Å². The van der Waals surface area contributed by atoms with Gasteiger partial charge in [0.15, 0.2) is 5.75 Å². The van der Waals surface area contributed by atoms with Gasteiger partial charge < -0.3 is 19.5 Å². The molecule has 2 aromatic carbocycles. The van der Waals surface area contributed by atoms with Crippen LogP contribution in [0.3, 0.4) is 0 Å². The zero-order valence-electron chi connectivity index (χ0n) is 16.0. The monoisotopic (exact) mass is 382 g/mol. The number of allylic oxidation sites excluding steroid dienone is 2. The molecule has 0 radical (unpaired) electrons. The van der Waals surface area contributed by atoms with Crippen molar-refractivity contribution < 1.29 is 19.1 Å². The Balaban J connectivity index is 1.82. The van der Waals surface area contributed by atoms with Gasteiger partial charge in [0.05, 0.1) is 38.0 Å². The number of rotatable bonds is 5. The highest BCUT2D eigenvalue weighted by atomic mass is 16.6. The average molecular weight is 382 g/mol. The Labute approximate surface area is 163 Å². The molecule has 1 aliphatic carbocycles. The summed E-state index contributed by atoms with van der Waals surface area (Å²) in [5.74, 6) is 2.13. The molecule has 2 aliphatic rings. The van der Waals surface area contributed by atoms with Gasteiger partial charge in [-0.2, -0.15) is 0 Å². The van der Waals surface area contributed by atoms with Gasteiger partial charge in [0.1, 0.15) is 11.5 Å². The van der Waals surface area contributed by atoms with E-state index in [1.807, 2.05) is 18.2 Å². The van der Waals surface area contributed by atoms with Gasteiger partial charge in [0.25, 0.3) is 0 Å². The molecule has 7 heteroatoms. The van der Waals surface area contributed by atoms with Crippen molar-refractivity contribution in [2.24, 2.45) is 5.92 Å². The molecule has 0 spiro atoms. The van der Waals surface area contributed by atoms with Gasteiger partial charge in [-0.3, -0.25) is 10.1 Å². The van der Waals surface area contributed by atoms with Crippen molar-refractivity contribution in [3.63, 3.8) is 0 Å². The van der Waals surface area contributed by atoms with Gasteiger partial charge in [0, 0.05) is 18.1 Å². The third-order valence-electron chi connectivity index (χ3n) is 5.62. The molecule has 1 aliphatic heterocycles. The molecule has 0 unspecified atom stereocenters. The topological polar surface area (TPSA) is 82.9 Å². The molecule has 3 atom stereocenters. The predicted molar refractivity (Wildman–Crippen MR) is 106 cm³/mol. The maximum absolute atomic E-state index is 11.5. The summed E-state index contributed by atoms with van der Waals surface area (Å²) in [6, 6.07) is 8.95. The zero-order valence-corrected chi connectivity index (χ0v) is 16.0. The van der Waals surface area contributed by atoms with Crippen LogP contribution >= 0.6 is 0 Å². The quantitative estimate of drug-likeness (QED) is 0.467. The summed E-state index contributed by atoms with van der Waals surface area (Å²) in [7, 11) is 4.70. The third kappa shape index (κ3) is 2.83. The number of methoxy groups -OCH3 is 3. The molecule has 0 fully saturated rings. The highest BCUT2D eigenvalue weighted by Crippen LogP contribution is 2.53. The molecule has 1 heterocycles. The van der Waals surface area contributed by atoms with Crippen molar-refractivity contribution in [3.8, 4) is 17.2 Å². The average Bonchev–Trinajstić information content (AvgIpc) is 3.22. The second-order valence-corrected chi connectivity index (χ2v) is 6.96. The maximum Gasteiger partial charge on any atom is 0.311 e. The molecular weight excluding hydrogens is 360 g/mol. The van der Waals surface area contributed by atoms with E-state index < -0.39 is 4.92 Å². The SMILES string of the molecule is COc1cc(OC)c2c(c1)[C@@H]1C=CC[C@H]1[C@@H](c1ccc(OC)c([N+](=O)[O-])c1)N2. The summed E-state index contributed by atoms with van der Waals surface area (Å²) in [5.41, 5.74) is 2.85. The minimum atomic E-state index is -0.408. The maximum atomic E-state index is 11.5. The van der Waals surface area contributed by atoms with Crippen LogP contribution in [-0.4, -0.2) is 26.3 Å². The summed E-state index contributed by atoms with van der Waals surface area (Å²) in [6.45, 7) is 0. The number of nitro groups is 1. The largest absolute Gasteiger partial charge is 0.497 e. The molecule has 146 valence electrons. The lowest BCUT2D eigenvalue weighted by Crippen LogP contribution is -2.29. The number of ether oxygens (including phenoxy) is 3. The first-order valence-corrected chi connectivity index (χ1v) is 9.08. The first-order valence-electron chi connectivity index (χ1n) is 9.08. The van der Waals surface area contributed by atoms with Crippen LogP contribution in [0.2, 0.25) is 0 Å². The highest BCUT2D eigenvalue weighted by Gasteiger charge is 2.40. The van der Waals surface area contributed by atoms with Gasteiger partial charge in [0.2, 0.25) is 0 Å². The lowest BCUT2D eigenvalue weighted by molar-refractivity contribution is -0.385. The number of nitrogens with one attached hydrogen (secondary N) is 1. The van der Waals surface area contributed by atoms with Crippen molar-refractivity contribution in [1.29, 1.82) is 0 Å². The fraction of sp³-hybridized carbons (Fsp3) is 0.333. The van der Waals surface area contributed by atoms with E-state index in [2.05, 4.69) is 17.5 Å². The summed E-state index contributed by atoms with van der Waals surface area (Å²) in [6.07, 6.45) is 5.26. The summed E-state index contributed by atoms with van der Waals surface area (Å²) in [4.78, 5) is 11.1. The number of benzene rings is 2. The second kappa shape index (κ2) is 7.07. The van der Waals surface area contributed by atoms with Crippen LogP contribution in [0.4, 0.5) is 11.4 Å². The van der Waals surface area contributed by atoms with Crippen molar-refractivity contribution in [1.82, 2.24) is 0 Å². The zero-order chi connectivity index (χ0) is 19.8. The number of hydrogen-bond acceptors (Lipinski definition) is 6. The number of nitro benzene ring substituents is 1. The van der Waals surface area contributed by atoms with Gasteiger partial charge in [-0.05, 0) is 35.6 Å². The van der Waals surface area contributed by atoms with Gasteiger partial charge in [-0.1, -0.05) is 18.2 Å². The summed E-state index contributed by atoms with van der Waals surface area (Å²) >= 11 is 0. The number of anilines is 1. The Morgan fingerprint density at radius 2 is 1.86 bits per heavy atom. The van der Waals surface area contributed by atoms with E-state index in [0.29, 0.717) is 5.75 Å². The summed E-state index contributed by atoms with van der Waals surface area (Å²) in [5, 5.41) is 15.0. The first-order chi connectivity index (χ1) is 13.6. The van der Waals surface area contributed by atoms with Crippen LogP contribution in [0.25, 0.3) is 0 Å². The molecule has 1 N–H and O–H groups in total. The Morgan fingerprint density at radius 1 is 1.07 bits per heavy atom. The van der Waals surface area contributed by atoms with E-state index in [4.69, 9.17) is 14.2 Å². The smallest absolute Gasteiger partial charge is 0.311 e. The Hall–Kier alpha value is -3.22. The Kier molecular flexibility index (Phi) is 4.58. The fourth-order valence-electron chi connectivity index (χ4n) is 4.29. The molecule has 0 aromatic heterocycles. The molecule has 4 rings (SSSR count). The molecule has 0 saturated heterocycles. The van der Waals surface area contributed by atoms with E-state index in [0.717, 1.165) is 29.0 Å². The van der Waals surface area contributed by atoms with E-state index in [1.165, 1.54) is 7.11 Å². The number of hydrogen-bond donors (Lipinski definition) is 1. The molecule has 0 amide bonds. The van der Waals surface area contributed by atoms with Crippen LogP contribution < -0.4 is 19.5 Å². The normalized spacial score (nSPS) is 22.0. The minimum absolute atomic E-state index is 0.0307. The molecule has 0 saturated carbocycles. The number of nitrogens with zero attached hydrogens (tertiary/aromatic N) is 1. The highest BCUT2D eigenvalue weighted by molar-refractivity contribution is 5.70. The van der Waals surface area contributed by atoms with Crippen molar-refractivity contribution in [2.45, 2.75) is 18.4 Å². The van der Waals surface area contributed by atoms with Crippen LogP contribution in [-0.2, 0) is 0 Å². The van der Waals surface area contributed by atoms with E-state index in [9.17, 15) is 10.1 Å². The van der Waals surface area contributed by atoms with Crippen LogP contribution in [0.15, 0.2) is 42.5 Å². The molecule has 28 heavy (non-hydrogen) atoms. The van der Waals surface area contributed by atoms with E-state index >= 15 is 0 Å². The van der Waals surface area contributed by atoms with Gasteiger partial charge in [-0.15, -0.1) is 0 Å². The summed E-state index contributed by atoms with van der Waals surface area (Å²) < 4.78 is 16.2. The predicted octanol–water partition coefficient (Wildman–Crippen LogP) is 4.45. The fourth-order valence-corrected chi connectivity index (χ4v) is 4.29. The molecule has 0 bridgehead atoms. The van der Waals surface area contributed by atoms with Crippen molar-refractivity contribution in [3.05, 3.63) is 63.7 Å². The van der Waals surface area contributed by atoms with Crippen molar-refractivity contribution in [2.75, 3.05) is 26.6 Å². The molecule has 2 aromatic rings. The first kappa shape index (κ1) is 18.2. The van der Waals surface area contributed by atoms with Crippen LogP contribution in [0, 0.1) is 16.0 Å². The standard InChI is InChI=1S/C21H22N2O5/c1-26-13-10-16-14-5-4-6-15(14)20(22-21(16)19(11-13)28-3)12-7-8-18(27-2)17(9-12)23(24)25/h4-5,7-11,14-15,20,22H,6H2,1-3H3/t14-,15-,20-/m1/s1. The van der Waals surface area contributed by atoms with Gasteiger partial charge in [-0.25, -0.2) is 0 Å². The number of fused-ring (bicyclic) bond motifs is 3. The Bertz CT molecular complexity index is 956. The lowest BCUT2D eigenvalue weighted by atomic mass is 9.76. The second-order valence-electron chi connectivity index (χ2n) is 6.96. The molecular formula is C21H22N2O5. The van der Waals surface area contributed by atoms with E-state index in [-0.39, 0.29) is 29.3 Å². The lowest BCUT2D eigenvalue weighted by Gasteiger charge is -2.38. The van der Waals surface area contributed by atoms with E-state index in [1.54, 1.807) is 26.4 Å². The van der Waals surface area contributed by atoms with Crippen LogP contribution in [0.1, 0.15) is 29.5 Å². The molecule has 7 nitrogen and oxygen atoms in total.